The summed E-state index contributed by atoms with van der Waals surface area (Å²) in [4.78, 5) is 14.0. The summed E-state index contributed by atoms with van der Waals surface area (Å²) < 4.78 is 0. The third kappa shape index (κ3) is 4.94. The first-order chi connectivity index (χ1) is 9.63. The first kappa shape index (κ1) is 15.0. The van der Waals surface area contributed by atoms with E-state index < -0.39 is 0 Å². The van der Waals surface area contributed by atoms with Gasteiger partial charge in [-0.05, 0) is 38.9 Å². The van der Waals surface area contributed by atoms with Crippen LogP contribution in [-0.2, 0) is 11.3 Å². The fourth-order valence-electron chi connectivity index (χ4n) is 2.56. The van der Waals surface area contributed by atoms with Crippen molar-refractivity contribution < 1.29 is 4.79 Å². The molecule has 4 nitrogen and oxygen atoms in total. The van der Waals surface area contributed by atoms with Crippen LogP contribution in [0.4, 0.5) is 0 Å². The number of amides is 1. The minimum absolute atomic E-state index is 0.0890. The van der Waals surface area contributed by atoms with Crippen molar-refractivity contribution in [2.45, 2.75) is 32.4 Å². The smallest absolute Gasteiger partial charge is 0.234 e. The Morgan fingerprint density at radius 2 is 2.15 bits per heavy atom. The van der Waals surface area contributed by atoms with Gasteiger partial charge in [0.25, 0.3) is 0 Å². The molecule has 110 valence electrons. The van der Waals surface area contributed by atoms with Gasteiger partial charge in [-0.2, -0.15) is 0 Å². The number of aryl methyl sites for hydroxylation is 1. The number of nitrogens with one attached hydrogen (secondary N) is 2. The monoisotopic (exact) mass is 275 g/mol. The van der Waals surface area contributed by atoms with E-state index in [9.17, 15) is 4.79 Å². The fraction of sp³-hybridized carbons (Fsp3) is 0.562. The Balaban J connectivity index is 1.67. The molecule has 1 aliphatic heterocycles. The molecule has 0 aliphatic carbocycles. The van der Waals surface area contributed by atoms with Crippen molar-refractivity contribution in [3.8, 4) is 0 Å². The van der Waals surface area contributed by atoms with E-state index >= 15 is 0 Å². The van der Waals surface area contributed by atoms with Gasteiger partial charge in [-0.1, -0.05) is 29.8 Å². The van der Waals surface area contributed by atoms with E-state index in [4.69, 9.17) is 0 Å². The molecule has 1 amide bonds. The zero-order valence-electron chi connectivity index (χ0n) is 12.5. The highest BCUT2D eigenvalue weighted by Gasteiger charge is 2.16. The second-order valence-electron chi connectivity index (χ2n) is 5.75. The van der Waals surface area contributed by atoms with Crippen molar-refractivity contribution in [1.82, 2.24) is 15.5 Å². The highest BCUT2D eigenvalue weighted by molar-refractivity contribution is 5.77. The minimum atomic E-state index is 0.0890. The van der Waals surface area contributed by atoms with Crippen LogP contribution < -0.4 is 10.6 Å². The summed E-state index contributed by atoms with van der Waals surface area (Å²) in [6, 6.07) is 8.80. The van der Waals surface area contributed by atoms with Crippen molar-refractivity contribution in [2.75, 3.05) is 26.7 Å². The Bertz CT molecular complexity index is 424. The summed E-state index contributed by atoms with van der Waals surface area (Å²) >= 11 is 0. The summed E-state index contributed by atoms with van der Waals surface area (Å²) in [6.07, 6.45) is 2.47. The molecule has 1 aromatic rings. The van der Waals surface area contributed by atoms with Crippen LogP contribution in [0.3, 0.4) is 0 Å². The summed E-state index contributed by atoms with van der Waals surface area (Å²) in [5.74, 6) is 0.0890. The van der Waals surface area contributed by atoms with Crippen molar-refractivity contribution in [1.29, 1.82) is 0 Å². The van der Waals surface area contributed by atoms with E-state index in [1.165, 1.54) is 18.4 Å². The lowest BCUT2D eigenvalue weighted by atomic mass is 10.1. The fourth-order valence-corrected chi connectivity index (χ4v) is 2.56. The molecule has 0 saturated carbocycles. The number of nitrogens with zero attached hydrogens (tertiary/aromatic N) is 1. The third-order valence-corrected chi connectivity index (χ3v) is 3.72. The predicted octanol–water partition coefficient (Wildman–Crippen LogP) is 1.30. The number of hydrogen-bond acceptors (Lipinski definition) is 3. The first-order valence-corrected chi connectivity index (χ1v) is 7.37. The molecule has 1 fully saturated rings. The van der Waals surface area contributed by atoms with Crippen molar-refractivity contribution in [3.63, 3.8) is 0 Å². The maximum atomic E-state index is 11.9. The Labute approximate surface area is 121 Å². The van der Waals surface area contributed by atoms with Gasteiger partial charge in [0.15, 0.2) is 0 Å². The lowest BCUT2D eigenvalue weighted by Gasteiger charge is -2.20. The Hall–Kier alpha value is -1.39. The highest BCUT2D eigenvalue weighted by Crippen LogP contribution is 2.06. The molecule has 1 aromatic carbocycles. The normalized spacial score (nSPS) is 18.4. The minimum Gasteiger partial charge on any atom is -0.351 e. The maximum Gasteiger partial charge on any atom is 0.234 e. The number of hydrogen-bond donors (Lipinski definition) is 2. The van der Waals surface area contributed by atoms with Crippen LogP contribution in [0.25, 0.3) is 0 Å². The number of carbonyl (C=O) groups excluding carboxylic acids is 1. The molecule has 2 N–H and O–H groups in total. The summed E-state index contributed by atoms with van der Waals surface area (Å²) in [6.45, 7) is 5.18. The average Bonchev–Trinajstić information content (AvgIpc) is 2.90. The summed E-state index contributed by atoms with van der Waals surface area (Å²) in [7, 11) is 2.01. The van der Waals surface area contributed by atoms with E-state index in [1.54, 1.807) is 0 Å². The van der Waals surface area contributed by atoms with Gasteiger partial charge in [-0.3, -0.25) is 9.69 Å². The summed E-state index contributed by atoms with van der Waals surface area (Å²) in [5.41, 5.74) is 2.38. The van der Waals surface area contributed by atoms with Crippen LogP contribution in [0, 0.1) is 6.92 Å². The lowest BCUT2D eigenvalue weighted by molar-refractivity contribution is -0.122. The topological polar surface area (TPSA) is 44.4 Å². The van der Waals surface area contributed by atoms with Crippen LogP contribution in [0.5, 0.6) is 0 Å². The molecule has 20 heavy (non-hydrogen) atoms. The second-order valence-corrected chi connectivity index (χ2v) is 5.75. The number of rotatable bonds is 6. The van der Waals surface area contributed by atoms with Crippen LogP contribution in [0.15, 0.2) is 24.3 Å². The highest BCUT2D eigenvalue weighted by atomic mass is 16.2. The van der Waals surface area contributed by atoms with Gasteiger partial charge in [0.2, 0.25) is 5.91 Å². The molecule has 4 heteroatoms. The van der Waals surface area contributed by atoms with Crippen LogP contribution in [0.1, 0.15) is 24.0 Å². The van der Waals surface area contributed by atoms with Crippen LogP contribution in [-0.4, -0.2) is 43.5 Å². The SMILES string of the molecule is Cc1ccc(CNC(=O)CN(C)CC2CCCN2)cc1. The molecule has 0 radical (unpaired) electrons. The van der Waals surface area contributed by atoms with E-state index in [-0.39, 0.29) is 5.91 Å². The van der Waals surface area contributed by atoms with Gasteiger partial charge < -0.3 is 10.6 Å². The molecular weight excluding hydrogens is 250 g/mol. The second kappa shape index (κ2) is 7.41. The third-order valence-electron chi connectivity index (χ3n) is 3.72. The zero-order valence-corrected chi connectivity index (χ0v) is 12.5. The molecule has 1 heterocycles. The molecule has 0 aromatic heterocycles. The Kier molecular flexibility index (Phi) is 5.56. The lowest BCUT2D eigenvalue weighted by Crippen LogP contribution is -2.41. The van der Waals surface area contributed by atoms with E-state index in [0.29, 0.717) is 19.1 Å². The van der Waals surface area contributed by atoms with Crippen molar-refractivity contribution >= 4 is 5.91 Å². The number of benzene rings is 1. The Morgan fingerprint density at radius 3 is 2.80 bits per heavy atom. The Morgan fingerprint density at radius 1 is 1.40 bits per heavy atom. The van der Waals surface area contributed by atoms with Gasteiger partial charge in [0, 0.05) is 19.1 Å². The largest absolute Gasteiger partial charge is 0.351 e. The van der Waals surface area contributed by atoms with Crippen molar-refractivity contribution in [2.24, 2.45) is 0 Å². The molecule has 1 atom stereocenters. The zero-order chi connectivity index (χ0) is 14.4. The number of likely N-dealkylation sites (N-methyl/N-ethyl adjacent to an activating group) is 1. The van der Waals surface area contributed by atoms with Gasteiger partial charge in [-0.15, -0.1) is 0 Å². The molecule has 1 saturated heterocycles. The average molecular weight is 275 g/mol. The maximum absolute atomic E-state index is 11.9. The van der Waals surface area contributed by atoms with Gasteiger partial charge >= 0.3 is 0 Å². The molecule has 0 bridgehead atoms. The van der Waals surface area contributed by atoms with Gasteiger partial charge in [0.05, 0.1) is 6.54 Å². The van der Waals surface area contributed by atoms with Gasteiger partial charge in [0.1, 0.15) is 0 Å². The first-order valence-electron chi connectivity index (χ1n) is 7.37. The predicted molar refractivity (Wildman–Crippen MR) is 81.5 cm³/mol. The van der Waals surface area contributed by atoms with Crippen molar-refractivity contribution in [3.05, 3.63) is 35.4 Å². The molecular formula is C16H25N3O. The molecule has 1 aliphatic rings. The van der Waals surface area contributed by atoms with E-state index in [0.717, 1.165) is 18.7 Å². The quantitative estimate of drug-likeness (QED) is 0.822. The van der Waals surface area contributed by atoms with Gasteiger partial charge in [-0.25, -0.2) is 0 Å². The van der Waals surface area contributed by atoms with E-state index in [1.807, 2.05) is 7.05 Å². The molecule has 2 rings (SSSR count). The van der Waals surface area contributed by atoms with Crippen LogP contribution >= 0.6 is 0 Å². The standard InChI is InChI=1S/C16H25N3O/c1-13-5-7-14(8-6-13)10-18-16(20)12-19(2)11-15-4-3-9-17-15/h5-8,15,17H,3-4,9-12H2,1-2H3,(H,18,20). The number of carbonyl (C=O) groups is 1. The molecule has 1 unspecified atom stereocenters. The molecule has 0 spiro atoms. The van der Waals surface area contributed by atoms with Crippen LogP contribution in [0.2, 0.25) is 0 Å². The summed E-state index contributed by atoms with van der Waals surface area (Å²) in [5, 5.41) is 6.42. The van der Waals surface area contributed by atoms with E-state index in [2.05, 4.69) is 46.7 Å².